The lowest BCUT2D eigenvalue weighted by atomic mass is 10.2. The SMILES string of the molecule is Cc1nn(C(C)CC2CC2)c(N)c1Cl. The van der Waals surface area contributed by atoms with Crippen LogP contribution in [0.5, 0.6) is 0 Å². The van der Waals surface area contributed by atoms with Gasteiger partial charge in [-0.25, -0.2) is 4.68 Å². The molecule has 1 aromatic rings. The zero-order chi connectivity index (χ0) is 10.3. The van der Waals surface area contributed by atoms with Gasteiger partial charge in [0.15, 0.2) is 0 Å². The summed E-state index contributed by atoms with van der Waals surface area (Å²) in [5.41, 5.74) is 6.69. The van der Waals surface area contributed by atoms with Crippen LogP contribution in [0.4, 0.5) is 5.82 Å². The minimum Gasteiger partial charge on any atom is -0.383 e. The Bertz CT molecular complexity index is 341. The zero-order valence-corrected chi connectivity index (χ0v) is 9.38. The monoisotopic (exact) mass is 213 g/mol. The predicted octanol–water partition coefficient (Wildman–Crippen LogP) is 2.79. The maximum absolute atomic E-state index is 5.99. The van der Waals surface area contributed by atoms with E-state index in [0.717, 1.165) is 11.6 Å². The molecule has 0 bridgehead atoms. The molecule has 1 aromatic heterocycles. The molecule has 1 saturated carbocycles. The summed E-state index contributed by atoms with van der Waals surface area (Å²) in [4.78, 5) is 0. The van der Waals surface area contributed by atoms with E-state index in [2.05, 4.69) is 12.0 Å². The molecule has 1 aliphatic carbocycles. The van der Waals surface area contributed by atoms with Gasteiger partial charge in [-0.05, 0) is 26.2 Å². The third-order valence-electron chi connectivity index (χ3n) is 2.84. The van der Waals surface area contributed by atoms with Crippen LogP contribution in [0, 0.1) is 12.8 Å². The van der Waals surface area contributed by atoms with Gasteiger partial charge in [-0.2, -0.15) is 5.10 Å². The molecule has 2 N–H and O–H groups in total. The summed E-state index contributed by atoms with van der Waals surface area (Å²) in [7, 11) is 0. The van der Waals surface area contributed by atoms with Gasteiger partial charge in [0.05, 0.1) is 11.7 Å². The second-order valence-corrected chi connectivity index (χ2v) is 4.64. The van der Waals surface area contributed by atoms with Gasteiger partial charge in [0.25, 0.3) is 0 Å². The molecular weight excluding hydrogens is 198 g/mol. The average Bonchev–Trinajstić information content (AvgIpc) is 2.90. The van der Waals surface area contributed by atoms with E-state index in [4.69, 9.17) is 17.3 Å². The molecule has 4 heteroatoms. The highest BCUT2D eigenvalue weighted by Crippen LogP contribution is 2.38. The van der Waals surface area contributed by atoms with E-state index in [-0.39, 0.29) is 0 Å². The number of nitrogens with two attached hydrogens (primary N) is 1. The number of halogens is 1. The summed E-state index contributed by atoms with van der Waals surface area (Å²) in [5, 5.41) is 4.95. The first-order chi connectivity index (χ1) is 6.59. The number of aromatic nitrogens is 2. The second kappa shape index (κ2) is 3.46. The lowest BCUT2D eigenvalue weighted by Gasteiger charge is -2.12. The number of rotatable bonds is 3. The van der Waals surface area contributed by atoms with Gasteiger partial charge in [-0.1, -0.05) is 24.4 Å². The highest BCUT2D eigenvalue weighted by atomic mass is 35.5. The van der Waals surface area contributed by atoms with Gasteiger partial charge in [-0.15, -0.1) is 0 Å². The third-order valence-corrected chi connectivity index (χ3v) is 3.30. The molecule has 3 nitrogen and oxygen atoms in total. The largest absolute Gasteiger partial charge is 0.383 e. The quantitative estimate of drug-likeness (QED) is 0.839. The van der Waals surface area contributed by atoms with Crippen LogP contribution >= 0.6 is 11.6 Å². The first kappa shape index (κ1) is 9.84. The molecule has 1 unspecified atom stereocenters. The lowest BCUT2D eigenvalue weighted by Crippen LogP contribution is -2.11. The van der Waals surface area contributed by atoms with E-state index in [9.17, 15) is 0 Å². The van der Waals surface area contributed by atoms with Crippen LogP contribution in [0.15, 0.2) is 0 Å². The average molecular weight is 214 g/mol. The van der Waals surface area contributed by atoms with Crippen LogP contribution in [0.1, 0.15) is 37.9 Å². The number of nitrogens with zero attached hydrogens (tertiary/aromatic N) is 2. The van der Waals surface area contributed by atoms with Gasteiger partial charge in [-0.3, -0.25) is 0 Å². The summed E-state index contributed by atoms with van der Waals surface area (Å²) in [6, 6.07) is 0.369. The first-order valence-electron chi connectivity index (χ1n) is 5.09. The Morgan fingerprint density at radius 2 is 2.29 bits per heavy atom. The highest BCUT2D eigenvalue weighted by Gasteiger charge is 2.26. The van der Waals surface area contributed by atoms with Crippen LogP contribution in [-0.2, 0) is 0 Å². The van der Waals surface area contributed by atoms with Gasteiger partial charge < -0.3 is 5.73 Å². The number of aryl methyl sites for hydroxylation is 1. The smallest absolute Gasteiger partial charge is 0.141 e. The Morgan fingerprint density at radius 3 is 2.71 bits per heavy atom. The zero-order valence-electron chi connectivity index (χ0n) is 8.63. The molecule has 2 rings (SSSR count). The van der Waals surface area contributed by atoms with Crippen LogP contribution in [0.2, 0.25) is 5.02 Å². The summed E-state index contributed by atoms with van der Waals surface area (Å²) >= 11 is 5.99. The van der Waals surface area contributed by atoms with E-state index >= 15 is 0 Å². The Kier molecular flexibility index (Phi) is 2.43. The lowest BCUT2D eigenvalue weighted by molar-refractivity contribution is 0.440. The van der Waals surface area contributed by atoms with E-state index in [1.165, 1.54) is 19.3 Å². The van der Waals surface area contributed by atoms with Crippen molar-refractivity contribution in [2.75, 3.05) is 5.73 Å². The third kappa shape index (κ3) is 1.73. The molecule has 0 aliphatic heterocycles. The molecule has 1 heterocycles. The highest BCUT2D eigenvalue weighted by molar-refractivity contribution is 6.33. The summed E-state index contributed by atoms with van der Waals surface area (Å²) in [6.45, 7) is 4.04. The van der Waals surface area contributed by atoms with Crippen molar-refractivity contribution in [3.63, 3.8) is 0 Å². The van der Waals surface area contributed by atoms with Crippen molar-refractivity contribution in [3.8, 4) is 0 Å². The Hall–Kier alpha value is -0.700. The standard InChI is InChI=1S/C10H16ClN3/c1-6(5-8-3-4-8)14-10(12)9(11)7(2)13-14/h6,8H,3-5,12H2,1-2H3. The molecular formula is C10H16ClN3. The molecule has 0 radical (unpaired) electrons. The predicted molar refractivity (Wildman–Crippen MR) is 58.4 cm³/mol. The normalized spacial score (nSPS) is 18.5. The van der Waals surface area contributed by atoms with E-state index in [0.29, 0.717) is 16.9 Å². The van der Waals surface area contributed by atoms with Crippen molar-refractivity contribution in [1.29, 1.82) is 0 Å². The van der Waals surface area contributed by atoms with Crippen LogP contribution in [0.3, 0.4) is 0 Å². The summed E-state index contributed by atoms with van der Waals surface area (Å²) in [6.07, 6.45) is 3.89. The molecule has 78 valence electrons. The Morgan fingerprint density at radius 1 is 1.64 bits per heavy atom. The number of hydrogen-bond acceptors (Lipinski definition) is 2. The van der Waals surface area contributed by atoms with Crippen molar-refractivity contribution in [2.24, 2.45) is 5.92 Å². The van der Waals surface area contributed by atoms with Gasteiger partial charge in [0.1, 0.15) is 10.8 Å². The van der Waals surface area contributed by atoms with Gasteiger partial charge in [0, 0.05) is 0 Å². The minimum absolute atomic E-state index is 0.369. The molecule has 0 aromatic carbocycles. The Labute approximate surface area is 89.2 Å². The molecule has 1 aliphatic rings. The maximum atomic E-state index is 5.99. The van der Waals surface area contributed by atoms with Gasteiger partial charge >= 0.3 is 0 Å². The molecule has 1 atom stereocenters. The second-order valence-electron chi connectivity index (χ2n) is 4.26. The van der Waals surface area contributed by atoms with E-state index in [1.807, 2.05) is 11.6 Å². The van der Waals surface area contributed by atoms with Crippen LogP contribution in [-0.4, -0.2) is 9.78 Å². The summed E-state index contributed by atoms with van der Waals surface area (Å²) < 4.78 is 1.86. The molecule has 1 fully saturated rings. The van der Waals surface area contributed by atoms with Crippen molar-refractivity contribution in [2.45, 2.75) is 39.2 Å². The van der Waals surface area contributed by atoms with Gasteiger partial charge in [0.2, 0.25) is 0 Å². The minimum atomic E-state index is 0.369. The molecule has 0 amide bonds. The van der Waals surface area contributed by atoms with Crippen molar-refractivity contribution in [3.05, 3.63) is 10.7 Å². The summed E-state index contributed by atoms with van der Waals surface area (Å²) in [5.74, 6) is 1.49. The molecule has 14 heavy (non-hydrogen) atoms. The van der Waals surface area contributed by atoms with Crippen molar-refractivity contribution < 1.29 is 0 Å². The Balaban J connectivity index is 2.17. The fourth-order valence-corrected chi connectivity index (χ4v) is 1.94. The first-order valence-corrected chi connectivity index (χ1v) is 5.47. The number of nitrogen functional groups attached to an aromatic ring is 1. The molecule has 0 saturated heterocycles. The number of hydrogen-bond donors (Lipinski definition) is 1. The topological polar surface area (TPSA) is 43.8 Å². The number of anilines is 1. The van der Waals surface area contributed by atoms with Crippen molar-refractivity contribution >= 4 is 17.4 Å². The maximum Gasteiger partial charge on any atom is 0.141 e. The molecule has 0 spiro atoms. The fraction of sp³-hybridized carbons (Fsp3) is 0.700. The van der Waals surface area contributed by atoms with Crippen LogP contribution < -0.4 is 5.73 Å². The van der Waals surface area contributed by atoms with E-state index < -0.39 is 0 Å². The van der Waals surface area contributed by atoms with Crippen LogP contribution in [0.25, 0.3) is 0 Å². The van der Waals surface area contributed by atoms with E-state index in [1.54, 1.807) is 0 Å². The van der Waals surface area contributed by atoms with Crippen molar-refractivity contribution in [1.82, 2.24) is 9.78 Å². The fourth-order valence-electron chi connectivity index (χ4n) is 1.82.